The smallest absolute Gasteiger partial charge is 0.267 e. The van der Waals surface area contributed by atoms with Gasteiger partial charge in [-0.05, 0) is 12.1 Å². The number of carbonyl (C=O) groups excluding carboxylic acids is 1. The lowest BCUT2D eigenvalue weighted by Gasteiger charge is -2.24. The van der Waals surface area contributed by atoms with E-state index in [2.05, 4.69) is 30.6 Å². The van der Waals surface area contributed by atoms with Crippen LogP contribution < -0.4 is 5.32 Å². The fourth-order valence-corrected chi connectivity index (χ4v) is 2.61. The second-order valence-electron chi connectivity index (χ2n) is 5.42. The molecule has 122 valence electrons. The van der Waals surface area contributed by atoms with Crippen LogP contribution in [0.4, 0.5) is 0 Å². The Labute approximate surface area is 137 Å². The van der Waals surface area contributed by atoms with Gasteiger partial charge in [0, 0.05) is 30.7 Å². The third-order valence-electron chi connectivity index (χ3n) is 3.84. The summed E-state index contributed by atoms with van der Waals surface area (Å²) < 4.78 is 7.63. The summed E-state index contributed by atoms with van der Waals surface area (Å²) in [6.45, 7) is 1.31. The zero-order valence-corrected chi connectivity index (χ0v) is 12.7. The number of fused-ring (bicyclic) bond motifs is 1. The predicted octanol–water partition coefficient (Wildman–Crippen LogP) is 0.392. The second kappa shape index (κ2) is 6.20. The van der Waals surface area contributed by atoms with Crippen LogP contribution in [-0.4, -0.2) is 48.5 Å². The molecule has 4 heterocycles. The summed E-state index contributed by atoms with van der Waals surface area (Å²) in [7, 11) is 0. The highest BCUT2D eigenvalue weighted by molar-refractivity contribution is 5.92. The predicted molar refractivity (Wildman–Crippen MR) is 82.8 cm³/mol. The number of H-pyrrole nitrogens is 1. The summed E-state index contributed by atoms with van der Waals surface area (Å²) in [5.74, 6) is -0.157. The van der Waals surface area contributed by atoms with Crippen LogP contribution in [0.5, 0.6) is 0 Å². The number of carbonyl (C=O) groups is 1. The highest BCUT2D eigenvalue weighted by Gasteiger charge is 2.25. The summed E-state index contributed by atoms with van der Waals surface area (Å²) in [5, 5.41) is 11.2. The van der Waals surface area contributed by atoms with Gasteiger partial charge in [0.1, 0.15) is 17.7 Å². The minimum atomic E-state index is -0.157. The molecule has 0 saturated heterocycles. The molecule has 0 spiro atoms. The Morgan fingerprint density at radius 3 is 3.08 bits per heavy atom. The van der Waals surface area contributed by atoms with Gasteiger partial charge in [0.05, 0.1) is 24.9 Å². The van der Waals surface area contributed by atoms with Crippen molar-refractivity contribution in [3.8, 4) is 11.3 Å². The number of rotatable bonds is 4. The largest absolute Gasteiger partial charge is 0.368 e. The van der Waals surface area contributed by atoms with E-state index < -0.39 is 0 Å². The number of hydrogen-bond donors (Lipinski definition) is 2. The first kappa shape index (κ1) is 14.5. The minimum Gasteiger partial charge on any atom is -0.368 e. The number of aromatic nitrogens is 6. The molecule has 3 aromatic heterocycles. The first-order valence-electron chi connectivity index (χ1n) is 7.52. The Morgan fingerprint density at radius 2 is 2.29 bits per heavy atom. The fourth-order valence-electron chi connectivity index (χ4n) is 2.61. The second-order valence-corrected chi connectivity index (χ2v) is 5.42. The first-order valence-corrected chi connectivity index (χ1v) is 7.52. The van der Waals surface area contributed by atoms with E-state index in [1.165, 1.54) is 6.33 Å². The number of nitrogens with one attached hydrogen (secondary N) is 2. The van der Waals surface area contributed by atoms with Crippen LogP contribution >= 0.6 is 0 Å². The molecule has 1 aliphatic rings. The van der Waals surface area contributed by atoms with Crippen molar-refractivity contribution in [1.82, 2.24) is 35.3 Å². The van der Waals surface area contributed by atoms with Gasteiger partial charge in [-0.3, -0.25) is 4.79 Å². The number of nitrogens with zero attached hydrogens (tertiary/aromatic N) is 5. The van der Waals surface area contributed by atoms with Gasteiger partial charge in [-0.25, -0.2) is 14.6 Å². The Balaban J connectivity index is 1.42. The van der Waals surface area contributed by atoms with Gasteiger partial charge >= 0.3 is 0 Å². The lowest BCUT2D eigenvalue weighted by molar-refractivity contribution is 0.00174. The van der Waals surface area contributed by atoms with Crippen molar-refractivity contribution in [2.75, 3.05) is 6.54 Å². The van der Waals surface area contributed by atoms with E-state index in [1.54, 1.807) is 35.4 Å². The molecule has 0 aliphatic carbocycles. The van der Waals surface area contributed by atoms with Gasteiger partial charge < -0.3 is 15.0 Å². The minimum absolute atomic E-state index is 0.155. The van der Waals surface area contributed by atoms with Crippen LogP contribution in [0.2, 0.25) is 0 Å². The van der Waals surface area contributed by atoms with Crippen LogP contribution in [0.1, 0.15) is 16.2 Å². The summed E-state index contributed by atoms with van der Waals surface area (Å²) in [5.41, 5.74) is 2.95. The van der Waals surface area contributed by atoms with E-state index in [0.29, 0.717) is 25.4 Å². The van der Waals surface area contributed by atoms with Crippen LogP contribution in [-0.2, 0) is 17.9 Å². The maximum absolute atomic E-state index is 11.9. The molecule has 2 N–H and O–H groups in total. The Kier molecular flexibility index (Phi) is 3.75. The molecule has 0 aromatic carbocycles. The summed E-state index contributed by atoms with van der Waals surface area (Å²) in [6, 6.07) is 3.50. The van der Waals surface area contributed by atoms with Gasteiger partial charge in [0.25, 0.3) is 5.91 Å². The zero-order valence-electron chi connectivity index (χ0n) is 12.7. The molecule has 0 radical (unpaired) electrons. The van der Waals surface area contributed by atoms with Crippen molar-refractivity contribution in [2.45, 2.75) is 19.3 Å². The molecular formula is C15H15N7O2. The summed E-state index contributed by atoms with van der Waals surface area (Å²) in [6.07, 6.45) is 6.42. The third kappa shape index (κ3) is 2.76. The van der Waals surface area contributed by atoms with Crippen LogP contribution in [0.3, 0.4) is 0 Å². The molecule has 0 bridgehead atoms. The maximum Gasteiger partial charge on any atom is 0.267 e. The van der Waals surface area contributed by atoms with Crippen LogP contribution in [0.15, 0.2) is 37.1 Å². The van der Waals surface area contributed by atoms with Crippen molar-refractivity contribution in [2.24, 2.45) is 0 Å². The van der Waals surface area contributed by atoms with E-state index >= 15 is 0 Å². The molecule has 3 aromatic rings. The molecule has 9 nitrogen and oxygen atoms in total. The number of aromatic amines is 1. The van der Waals surface area contributed by atoms with Crippen molar-refractivity contribution < 1.29 is 9.53 Å². The Hall–Kier alpha value is -3.07. The molecule has 1 amide bonds. The monoisotopic (exact) mass is 325 g/mol. The Bertz CT molecular complexity index is 829. The first-order chi connectivity index (χ1) is 11.8. The zero-order chi connectivity index (χ0) is 16.4. The highest BCUT2D eigenvalue weighted by Crippen LogP contribution is 2.23. The molecule has 4 rings (SSSR count). The molecule has 1 atom stereocenters. The lowest BCUT2D eigenvalue weighted by Crippen LogP contribution is -2.39. The average molecular weight is 325 g/mol. The van der Waals surface area contributed by atoms with Gasteiger partial charge in [-0.15, -0.1) is 5.10 Å². The standard InChI is InChI=1S/C15H15N7O2/c23-15(12-2-1-3-18-12)19-6-11-7-22-13(8-24-11)14(20-21-22)10-4-16-9-17-5-10/h1-5,9,11,18H,6-8H2,(H,19,23). The normalized spacial score (nSPS) is 16.6. The van der Waals surface area contributed by atoms with Crippen molar-refractivity contribution in [3.63, 3.8) is 0 Å². The number of ether oxygens (including phenoxy) is 1. The van der Waals surface area contributed by atoms with E-state index in [0.717, 1.165) is 17.0 Å². The number of hydrogen-bond acceptors (Lipinski definition) is 6. The van der Waals surface area contributed by atoms with E-state index in [-0.39, 0.29) is 12.0 Å². The summed E-state index contributed by atoms with van der Waals surface area (Å²) in [4.78, 5) is 22.8. The molecule has 1 aliphatic heterocycles. The quantitative estimate of drug-likeness (QED) is 0.718. The highest BCUT2D eigenvalue weighted by atomic mass is 16.5. The van der Waals surface area contributed by atoms with E-state index in [9.17, 15) is 4.79 Å². The topological polar surface area (TPSA) is 111 Å². The van der Waals surface area contributed by atoms with Crippen molar-refractivity contribution in [1.29, 1.82) is 0 Å². The van der Waals surface area contributed by atoms with Gasteiger partial charge in [0.2, 0.25) is 0 Å². The van der Waals surface area contributed by atoms with Crippen LogP contribution in [0, 0.1) is 0 Å². The molecular weight excluding hydrogens is 310 g/mol. The van der Waals surface area contributed by atoms with Crippen molar-refractivity contribution >= 4 is 5.91 Å². The number of amides is 1. The molecule has 0 saturated carbocycles. The fraction of sp³-hybridized carbons (Fsp3) is 0.267. The van der Waals surface area contributed by atoms with Gasteiger partial charge in [-0.2, -0.15) is 0 Å². The van der Waals surface area contributed by atoms with Crippen molar-refractivity contribution in [3.05, 3.63) is 48.4 Å². The van der Waals surface area contributed by atoms with Gasteiger partial charge in [0.15, 0.2) is 0 Å². The molecule has 24 heavy (non-hydrogen) atoms. The lowest BCUT2D eigenvalue weighted by atomic mass is 10.2. The summed E-state index contributed by atoms with van der Waals surface area (Å²) >= 11 is 0. The van der Waals surface area contributed by atoms with E-state index in [1.807, 2.05) is 0 Å². The molecule has 0 fully saturated rings. The molecule has 1 unspecified atom stereocenters. The maximum atomic E-state index is 11.9. The Morgan fingerprint density at radius 1 is 1.42 bits per heavy atom. The SMILES string of the molecule is O=C(NCC1Cn2nnc(-c3cncnc3)c2CO1)c1ccc[nH]1. The third-order valence-corrected chi connectivity index (χ3v) is 3.84. The van der Waals surface area contributed by atoms with Crippen LogP contribution in [0.25, 0.3) is 11.3 Å². The van der Waals surface area contributed by atoms with E-state index in [4.69, 9.17) is 4.74 Å². The van der Waals surface area contributed by atoms with Gasteiger partial charge in [-0.1, -0.05) is 5.21 Å². The average Bonchev–Trinajstić information content (AvgIpc) is 3.30. The molecule has 9 heteroatoms.